The van der Waals surface area contributed by atoms with E-state index < -0.39 is 0 Å². The van der Waals surface area contributed by atoms with Crippen LogP contribution in [0.2, 0.25) is 0 Å². The Hall–Kier alpha value is -1.55. The van der Waals surface area contributed by atoms with Crippen molar-refractivity contribution in [3.05, 3.63) is 35.9 Å². The Morgan fingerprint density at radius 1 is 1.32 bits per heavy atom. The summed E-state index contributed by atoms with van der Waals surface area (Å²) >= 11 is 0. The van der Waals surface area contributed by atoms with Gasteiger partial charge in [-0.1, -0.05) is 30.3 Å². The molecule has 1 atom stereocenters. The van der Waals surface area contributed by atoms with Gasteiger partial charge in [-0.05, 0) is 24.8 Å². The number of carbonyl (C=O) groups excluding carboxylic acids is 1. The molecule has 102 valence electrons. The maximum Gasteiger partial charge on any atom is 0.410 e. The Bertz CT molecular complexity index is 440. The lowest BCUT2D eigenvalue weighted by Gasteiger charge is -2.22. The molecule has 0 aromatic heterocycles. The summed E-state index contributed by atoms with van der Waals surface area (Å²) in [4.78, 5) is 13.8. The first-order valence-electron chi connectivity index (χ1n) is 6.87. The molecular formula is C15H19NO3. The minimum absolute atomic E-state index is 0.0776. The van der Waals surface area contributed by atoms with E-state index in [9.17, 15) is 4.79 Å². The number of hydrogen-bond donors (Lipinski definition) is 0. The summed E-state index contributed by atoms with van der Waals surface area (Å²) in [5.41, 5.74) is 0.938. The molecule has 0 N–H and O–H groups in total. The van der Waals surface area contributed by atoms with E-state index in [-0.39, 0.29) is 11.7 Å². The lowest BCUT2D eigenvalue weighted by atomic mass is 10.00. The molecule has 3 rings (SSSR count). The largest absolute Gasteiger partial charge is 0.445 e. The van der Waals surface area contributed by atoms with Crippen molar-refractivity contribution < 1.29 is 14.3 Å². The van der Waals surface area contributed by atoms with Crippen LogP contribution in [0.1, 0.15) is 24.8 Å². The van der Waals surface area contributed by atoms with Crippen LogP contribution in [0, 0.1) is 0 Å². The highest BCUT2D eigenvalue weighted by molar-refractivity contribution is 5.68. The number of hydrogen-bond acceptors (Lipinski definition) is 3. The Morgan fingerprint density at radius 2 is 2.16 bits per heavy atom. The predicted octanol–water partition coefficient (Wildman–Crippen LogP) is 2.58. The second-order valence-corrected chi connectivity index (χ2v) is 5.35. The average Bonchev–Trinajstić information content (AvgIpc) is 3.08. The molecule has 2 aliphatic heterocycles. The van der Waals surface area contributed by atoms with Gasteiger partial charge in [0.05, 0.1) is 12.1 Å². The van der Waals surface area contributed by atoms with Crippen molar-refractivity contribution >= 4 is 6.09 Å². The highest BCUT2D eigenvalue weighted by Gasteiger charge is 2.43. The summed E-state index contributed by atoms with van der Waals surface area (Å²) in [5.74, 6) is 0. The smallest absolute Gasteiger partial charge is 0.410 e. The van der Waals surface area contributed by atoms with Gasteiger partial charge in [0.1, 0.15) is 6.61 Å². The molecule has 2 saturated heterocycles. The van der Waals surface area contributed by atoms with Gasteiger partial charge >= 0.3 is 6.09 Å². The van der Waals surface area contributed by atoms with Crippen LogP contribution in [0.25, 0.3) is 0 Å². The Kier molecular flexibility index (Phi) is 3.42. The van der Waals surface area contributed by atoms with E-state index in [1.54, 1.807) is 4.90 Å². The number of amides is 1. The highest BCUT2D eigenvalue weighted by atomic mass is 16.6. The normalized spacial score (nSPS) is 26.0. The third-order valence-corrected chi connectivity index (χ3v) is 3.96. The number of nitrogens with zero attached hydrogens (tertiary/aromatic N) is 1. The summed E-state index contributed by atoms with van der Waals surface area (Å²) in [6.07, 6.45) is 2.88. The van der Waals surface area contributed by atoms with Gasteiger partial charge in [-0.25, -0.2) is 4.79 Å². The van der Waals surface area contributed by atoms with E-state index >= 15 is 0 Å². The number of ether oxygens (including phenoxy) is 2. The molecule has 1 spiro atoms. The minimum Gasteiger partial charge on any atom is -0.445 e. The van der Waals surface area contributed by atoms with Crippen molar-refractivity contribution in [2.75, 3.05) is 19.7 Å². The van der Waals surface area contributed by atoms with E-state index in [2.05, 4.69) is 0 Å². The van der Waals surface area contributed by atoms with Gasteiger partial charge in [0.15, 0.2) is 0 Å². The Morgan fingerprint density at radius 3 is 2.89 bits per heavy atom. The van der Waals surface area contributed by atoms with Crippen LogP contribution in [-0.4, -0.2) is 36.3 Å². The van der Waals surface area contributed by atoms with Crippen LogP contribution in [0.5, 0.6) is 0 Å². The number of rotatable bonds is 2. The van der Waals surface area contributed by atoms with Gasteiger partial charge in [-0.3, -0.25) is 0 Å². The first kappa shape index (κ1) is 12.5. The number of benzene rings is 1. The molecular weight excluding hydrogens is 242 g/mol. The van der Waals surface area contributed by atoms with Gasteiger partial charge in [0.2, 0.25) is 0 Å². The summed E-state index contributed by atoms with van der Waals surface area (Å²) in [6.45, 7) is 2.59. The zero-order valence-corrected chi connectivity index (χ0v) is 11.0. The third kappa shape index (κ3) is 2.73. The van der Waals surface area contributed by atoms with Gasteiger partial charge in [-0.2, -0.15) is 0 Å². The van der Waals surface area contributed by atoms with Crippen LogP contribution in [0.4, 0.5) is 4.79 Å². The number of likely N-dealkylation sites (tertiary alicyclic amines) is 1. The molecule has 4 heteroatoms. The quantitative estimate of drug-likeness (QED) is 0.821. The second-order valence-electron chi connectivity index (χ2n) is 5.35. The molecule has 2 aliphatic rings. The monoisotopic (exact) mass is 261 g/mol. The van der Waals surface area contributed by atoms with Crippen molar-refractivity contribution in [3.8, 4) is 0 Å². The lowest BCUT2D eigenvalue weighted by molar-refractivity contribution is 0.0112. The predicted molar refractivity (Wildman–Crippen MR) is 70.7 cm³/mol. The topological polar surface area (TPSA) is 38.8 Å². The minimum atomic E-state index is -0.226. The lowest BCUT2D eigenvalue weighted by Crippen LogP contribution is -2.35. The van der Waals surface area contributed by atoms with Gasteiger partial charge < -0.3 is 14.4 Å². The fraction of sp³-hybridized carbons (Fsp3) is 0.533. The van der Waals surface area contributed by atoms with E-state index in [4.69, 9.17) is 9.47 Å². The SMILES string of the molecule is O=C(OCc1ccccc1)N1CCC2(CCCO2)C1. The van der Waals surface area contributed by atoms with Gasteiger partial charge in [0.25, 0.3) is 0 Å². The first-order chi connectivity index (χ1) is 9.27. The summed E-state index contributed by atoms with van der Waals surface area (Å²) in [5, 5.41) is 0. The van der Waals surface area contributed by atoms with Crippen LogP contribution in [-0.2, 0) is 16.1 Å². The Balaban J connectivity index is 1.51. The maximum absolute atomic E-state index is 12.0. The molecule has 19 heavy (non-hydrogen) atoms. The molecule has 1 unspecified atom stereocenters. The third-order valence-electron chi connectivity index (χ3n) is 3.96. The van der Waals surface area contributed by atoms with Crippen LogP contribution in [0.15, 0.2) is 30.3 Å². The van der Waals surface area contributed by atoms with E-state index in [0.29, 0.717) is 13.2 Å². The summed E-state index contributed by atoms with van der Waals surface area (Å²) in [6, 6.07) is 9.76. The van der Waals surface area contributed by atoms with Gasteiger partial charge in [-0.15, -0.1) is 0 Å². The van der Waals surface area contributed by atoms with Crippen molar-refractivity contribution in [3.63, 3.8) is 0 Å². The van der Waals surface area contributed by atoms with Crippen molar-refractivity contribution in [2.45, 2.75) is 31.5 Å². The van der Waals surface area contributed by atoms with E-state index in [0.717, 1.165) is 38.0 Å². The zero-order chi connectivity index (χ0) is 13.1. The van der Waals surface area contributed by atoms with Crippen molar-refractivity contribution in [1.29, 1.82) is 0 Å². The highest BCUT2D eigenvalue weighted by Crippen LogP contribution is 2.34. The van der Waals surface area contributed by atoms with E-state index in [1.165, 1.54) is 0 Å². The van der Waals surface area contributed by atoms with Crippen molar-refractivity contribution in [2.24, 2.45) is 0 Å². The molecule has 4 nitrogen and oxygen atoms in total. The molecule has 0 bridgehead atoms. The second kappa shape index (κ2) is 5.21. The molecule has 1 amide bonds. The standard InChI is InChI=1S/C15H19NO3/c17-14(18-11-13-5-2-1-3-6-13)16-9-8-15(12-16)7-4-10-19-15/h1-3,5-6H,4,7-12H2. The Labute approximate surface area is 113 Å². The molecule has 1 aromatic carbocycles. The molecule has 1 aromatic rings. The molecule has 0 saturated carbocycles. The summed E-state index contributed by atoms with van der Waals surface area (Å²) in [7, 11) is 0. The fourth-order valence-corrected chi connectivity index (χ4v) is 2.89. The maximum atomic E-state index is 12.0. The molecule has 2 heterocycles. The first-order valence-corrected chi connectivity index (χ1v) is 6.87. The van der Waals surface area contributed by atoms with Gasteiger partial charge in [0, 0.05) is 13.2 Å². The molecule has 2 fully saturated rings. The fourth-order valence-electron chi connectivity index (χ4n) is 2.89. The van der Waals surface area contributed by atoms with E-state index in [1.807, 2.05) is 30.3 Å². The van der Waals surface area contributed by atoms with Crippen LogP contribution in [0.3, 0.4) is 0 Å². The van der Waals surface area contributed by atoms with Crippen LogP contribution < -0.4 is 0 Å². The zero-order valence-electron chi connectivity index (χ0n) is 11.0. The average molecular weight is 261 g/mol. The van der Waals surface area contributed by atoms with Crippen LogP contribution >= 0.6 is 0 Å². The van der Waals surface area contributed by atoms with Crippen molar-refractivity contribution in [1.82, 2.24) is 4.90 Å². The summed E-state index contributed by atoms with van der Waals surface area (Å²) < 4.78 is 11.1. The molecule has 0 radical (unpaired) electrons. The number of carbonyl (C=O) groups is 1. The molecule has 0 aliphatic carbocycles.